The fraction of sp³-hybridized carbons (Fsp3) is 0. The minimum Gasteiger partial charge on any atom is -0.208 e. The minimum atomic E-state index is 0.644. The van der Waals surface area contributed by atoms with Crippen LogP contribution in [0.25, 0.3) is 54.3 Å². The summed E-state index contributed by atoms with van der Waals surface area (Å²) < 4.78 is 2.28. The van der Waals surface area contributed by atoms with Crippen molar-refractivity contribution in [3.8, 4) is 34.2 Å². The van der Waals surface area contributed by atoms with E-state index in [1.54, 1.807) is 11.3 Å². The maximum atomic E-state index is 6.64. The van der Waals surface area contributed by atoms with Crippen LogP contribution in [0, 0.1) is 0 Å². The molecular weight excluding hydrogens is 434 g/mol. The van der Waals surface area contributed by atoms with Gasteiger partial charge in [0.25, 0.3) is 0 Å². The second-order valence-electron chi connectivity index (χ2n) is 7.44. The van der Waals surface area contributed by atoms with Crippen molar-refractivity contribution in [2.24, 2.45) is 0 Å². The standard InChI is InChI=1S/C27H16ClN3S/c28-21-16-15-20(24-23(21)19-13-7-8-14-22(19)32-24)27-30-25(17-9-3-1-4-10-17)29-26(31-27)18-11-5-2-6-12-18/h1-16H. The molecule has 5 heteroatoms. The predicted molar refractivity (Wildman–Crippen MR) is 134 cm³/mol. The Bertz CT molecular complexity index is 1520. The smallest absolute Gasteiger partial charge is 0.165 e. The fourth-order valence-electron chi connectivity index (χ4n) is 3.89. The van der Waals surface area contributed by atoms with Gasteiger partial charge in [-0.1, -0.05) is 90.5 Å². The highest BCUT2D eigenvalue weighted by molar-refractivity contribution is 7.26. The van der Waals surface area contributed by atoms with E-state index in [-0.39, 0.29) is 0 Å². The van der Waals surface area contributed by atoms with Crippen molar-refractivity contribution >= 4 is 43.1 Å². The van der Waals surface area contributed by atoms with E-state index in [1.807, 2.05) is 78.9 Å². The second kappa shape index (κ2) is 7.83. The van der Waals surface area contributed by atoms with E-state index in [9.17, 15) is 0 Å². The second-order valence-corrected chi connectivity index (χ2v) is 8.89. The van der Waals surface area contributed by atoms with Crippen molar-refractivity contribution < 1.29 is 0 Å². The molecule has 0 aliphatic carbocycles. The van der Waals surface area contributed by atoms with Gasteiger partial charge < -0.3 is 0 Å². The molecule has 0 aliphatic rings. The van der Waals surface area contributed by atoms with Crippen LogP contribution in [0.2, 0.25) is 5.02 Å². The Kier molecular flexibility index (Phi) is 4.67. The maximum absolute atomic E-state index is 6.64. The third-order valence-electron chi connectivity index (χ3n) is 5.42. The molecule has 4 aromatic carbocycles. The van der Waals surface area contributed by atoms with E-state index < -0.39 is 0 Å². The predicted octanol–water partition coefficient (Wildman–Crippen LogP) is 7.89. The molecule has 0 atom stereocenters. The first-order valence-corrected chi connectivity index (χ1v) is 11.4. The van der Waals surface area contributed by atoms with E-state index in [0.717, 1.165) is 37.2 Å². The van der Waals surface area contributed by atoms with Gasteiger partial charge in [-0.05, 0) is 18.2 Å². The number of thiophene rings is 1. The lowest BCUT2D eigenvalue weighted by molar-refractivity contribution is 1.08. The first-order valence-electron chi connectivity index (χ1n) is 10.2. The van der Waals surface area contributed by atoms with Gasteiger partial charge in [-0.3, -0.25) is 0 Å². The molecule has 6 aromatic rings. The number of hydrogen-bond donors (Lipinski definition) is 0. The van der Waals surface area contributed by atoms with Gasteiger partial charge in [-0.2, -0.15) is 0 Å². The molecule has 0 saturated heterocycles. The number of aromatic nitrogens is 3. The lowest BCUT2D eigenvalue weighted by Crippen LogP contribution is -2.00. The monoisotopic (exact) mass is 449 g/mol. The zero-order chi connectivity index (χ0) is 21.5. The van der Waals surface area contributed by atoms with Gasteiger partial charge in [0.05, 0.1) is 0 Å². The number of hydrogen-bond acceptors (Lipinski definition) is 4. The van der Waals surface area contributed by atoms with E-state index in [2.05, 4.69) is 18.2 Å². The topological polar surface area (TPSA) is 38.7 Å². The lowest BCUT2D eigenvalue weighted by atomic mass is 10.1. The minimum absolute atomic E-state index is 0.644. The largest absolute Gasteiger partial charge is 0.208 e. The summed E-state index contributed by atoms with van der Waals surface area (Å²) in [6, 6.07) is 32.3. The summed E-state index contributed by atoms with van der Waals surface area (Å²) in [7, 11) is 0. The van der Waals surface area contributed by atoms with Crippen molar-refractivity contribution in [2.45, 2.75) is 0 Å². The summed E-state index contributed by atoms with van der Waals surface area (Å²) in [5.74, 6) is 1.95. The Balaban J connectivity index is 1.65. The summed E-state index contributed by atoms with van der Waals surface area (Å²) in [6.45, 7) is 0. The van der Waals surface area contributed by atoms with Crippen LogP contribution in [0.4, 0.5) is 0 Å². The van der Waals surface area contributed by atoms with Crippen molar-refractivity contribution in [3.63, 3.8) is 0 Å². The number of benzene rings is 4. The Morgan fingerprint density at radius 2 is 1.12 bits per heavy atom. The van der Waals surface area contributed by atoms with E-state index in [0.29, 0.717) is 17.5 Å². The summed E-state index contributed by atoms with van der Waals surface area (Å²) in [5.41, 5.74) is 2.87. The summed E-state index contributed by atoms with van der Waals surface area (Å²) in [6.07, 6.45) is 0. The average molecular weight is 450 g/mol. The van der Waals surface area contributed by atoms with Crippen molar-refractivity contribution in [1.29, 1.82) is 0 Å². The van der Waals surface area contributed by atoms with Crippen LogP contribution < -0.4 is 0 Å². The van der Waals surface area contributed by atoms with Crippen LogP contribution >= 0.6 is 22.9 Å². The number of fused-ring (bicyclic) bond motifs is 3. The van der Waals surface area contributed by atoms with E-state index in [4.69, 9.17) is 26.6 Å². The van der Waals surface area contributed by atoms with Crippen molar-refractivity contribution in [2.75, 3.05) is 0 Å². The normalized spacial score (nSPS) is 11.3. The van der Waals surface area contributed by atoms with Gasteiger partial charge in [0.1, 0.15) is 0 Å². The van der Waals surface area contributed by atoms with Gasteiger partial charge in [0.15, 0.2) is 17.5 Å². The molecule has 3 nitrogen and oxygen atoms in total. The molecule has 0 unspecified atom stereocenters. The molecule has 0 saturated carbocycles. The molecule has 6 rings (SSSR count). The maximum Gasteiger partial charge on any atom is 0.165 e. The Morgan fingerprint density at radius 3 is 1.78 bits per heavy atom. The zero-order valence-electron chi connectivity index (χ0n) is 16.9. The Labute approximate surface area is 194 Å². The quantitative estimate of drug-likeness (QED) is 0.275. The van der Waals surface area contributed by atoms with Crippen LogP contribution in [0.1, 0.15) is 0 Å². The lowest BCUT2D eigenvalue weighted by Gasteiger charge is -2.09. The zero-order valence-corrected chi connectivity index (χ0v) is 18.4. The third-order valence-corrected chi connectivity index (χ3v) is 6.93. The first kappa shape index (κ1) is 19.1. The van der Waals surface area contributed by atoms with E-state index >= 15 is 0 Å². The average Bonchev–Trinajstić information content (AvgIpc) is 3.25. The molecule has 2 aromatic heterocycles. The van der Waals surface area contributed by atoms with Crippen molar-refractivity contribution in [1.82, 2.24) is 15.0 Å². The number of halogens is 1. The molecule has 0 bridgehead atoms. The van der Waals surface area contributed by atoms with Crippen LogP contribution in [-0.2, 0) is 0 Å². The molecule has 0 radical (unpaired) electrons. The molecular formula is C27H16ClN3S. The number of rotatable bonds is 3. The first-order chi connectivity index (χ1) is 15.8. The van der Waals surface area contributed by atoms with Gasteiger partial charge in [0, 0.05) is 41.9 Å². The molecule has 0 spiro atoms. The summed E-state index contributed by atoms with van der Waals surface area (Å²) in [4.78, 5) is 14.6. The van der Waals surface area contributed by atoms with Gasteiger partial charge >= 0.3 is 0 Å². The molecule has 0 aliphatic heterocycles. The van der Waals surface area contributed by atoms with Crippen LogP contribution in [0.5, 0.6) is 0 Å². The number of nitrogens with zero attached hydrogens (tertiary/aromatic N) is 3. The summed E-state index contributed by atoms with van der Waals surface area (Å²) in [5, 5.41) is 2.94. The highest BCUT2D eigenvalue weighted by atomic mass is 35.5. The van der Waals surface area contributed by atoms with Crippen LogP contribution in [-0.4, -0.2) is 15.0 Å². The Morgan fingerprint density at radius 1 is 0.562 bits per heavy atom. The van der Waals surface area contributed by atoms with Crippen molar-refractivity contribution in [3.05, 3.63) is 102 Å². The van der Waals surface area contributed by atoms with Crippen LogP contribution in [0.15, 0.2) is 97.1 Å². The molecule has 0 fully saturated rings. The van der Waals surface area contributed by atoms with E-state index in [1.165, 1.54) is 4.70 Å². The summed E-state index contributed by atoms with van der Waals surface area (Å²) >= 11 is 8.36. The van der Waals surface area contributed by atoms with Gasteiger partial charge in [0.2, 0.25) is 0 Å². The highest BCUT2D eigenvalue weighted by Crippen LogP contribution is 2.42. The molecule has 0 amide bonds. The molecule has 2 heterocycles. The van der Waals surface area contributed by atoms with Gasteiger partial charge in [-0.15, -0.1) is 11.3 Å². The SMILES string of the molecule is Clc1ccc(-c2nc(-c3ccccc3)nc(-c3ccccc3)n2)c2sc3ccccc3c12. The molecule has 152 valence electrons. The highest BCUT2D eigenvalue weighted by Gasteiger charge is 2.17. The van der Waals surface area contributed by atoms with Gasteiger partial charge in [-0.25, -0.2) is 15.0 Å². The van der Waals surface area contributed by atoms with Crippen LogP contribution in [0.3, 0.4) is 0 Å². The Hall–Kier alpha value is -3.60. The molecule has 32 heavy (non-hydrogen) atoms. The fourth-order valence-corrected chi connectivity index (χ4v) is 5.45. The molecule has 0 N–H and O–H groups in total. The third kappa shape index (κ3) is 3.25.